The molecule has 0 fully saturated rings. The molecule has 0 amide bonds. The van der Waals surface area contributed by atoms with Crippen molar-refractivity contribution in [1.82, 2.24) is 4.98 Å². The number of alkyl halides is 3. The Kier molecular flexibility index (Phi) is 3.74. The fourth-order valence-electron chi connectivity index (χ4n) is 1.58. The second-order valence-electron chi connectivity index (χ2n) is 4.04. The van der Waals surface area contributed by atoms with Crippen LogP contribution in [-0.2, 0) is 6.18 Å². The SMILES string of the molecule is CC(=O)c1cccc(Oc2ncccc2C(F)(F)F)c1. The topological polar surface area (TPSA) is 39.2 Å². The van der Waals surface area contributed by atoms with Gasteiger partial charge in [0.2, 0.25) is 5.88 Å². The Morgan fingerprint density at radius 1 is 1.20 bits per heavy atom. The fourth-order valence-corrected chi connectivity index (χ4v) is 1.58. The van der Waals surface area contributed by atoms with Crippen molar-refractivity contribution in [1.29, 1.82) is 0 Å². The summed E-state index contributed by atoms with van der Waals surface area (Å²) < 4.78 is 43.5. The van der Waals surface area contributed by atoms with Gasteiger partial charge in [-0.1, -0.05) is 12.1 Å². The average molecular weight is 281 g/mol. The van der Waals surface area contributed by atoms with Crippen LogP contribution in [0.5, 0.6) is 11.6 Å². The van der Waals surface area contributed by atoms with Crippen molar-refractivity contribution in [2.45, 2.75) is 13.1 Å². The van der Waals surface area contributed by atoms with Crippen LogP contribution in [0.3, 0.4) is 0 Å². The van der Waals surface area contributed by atoms with Gasteiger partial charge in [0, 0.05) is 11.8 Å². The third kappa shape index (κ3) is 3.14. The summed E-state index contributed by atoms with van der Waals surface area (Å²) in [5.41, 5.74) is -0.611. The normalized spacial score (nSPS) is 11.2. The van der Waals surface area contributed by atoms with Gasteiger partial charge < -0.3 is 4.74 Å². The van der Waals surface area contributed by atoms with E-state index in [1.54, 1.807) is 6.07 Å². The molecule has 0 N–H and O–H groups in total. The van der Waals surface area contributed by atoms with Crippen molar-refractivity contribution in [3.8, 4) is 11.6 Å². The standard InChI is InChI=1S/C14H10F3NO2/c1-9(19)10-4-2-5-11(8-10)20-13-12(14(15,16)17)6-3-7-18-13/h2-8H,1H3. The van der Waals surface area contributed by atoms with Gasteiger partial charge in [0.25, 0.3) is 0 Å². The number of Topliss-reactive ketones (excluding diaryl/α,β-unsaturated/α-hetero) is 1. The maximum Gasteiger partial charge on any atom is 0.421 e. The van der Waals surface area contributed by atoms with Gasteiger partial charge in [0.05, 0.1) is 0 Å². The zero-order chi connectivity index (χ0) is 14.8. The second-order valence-corrected chi connectivity index (χ2v) is 4.04. The molecule has 0 aliphatic rings. The van der Waals surface area contributed by atoms with E-state index in [1.165, 1.54) is 37.4 Å². The lowest BCUT2D eigenvalue weighted by molar-refractivity contribution is -0.138. The van der Waals surface area contributed by atoms with E-state index in [-0.39, 0.29) is 11.5 Å². The van der Waals surface area contributed by atoms with Gasteiger partial charge in [-0.15, -0.1) is 0 Å². The van der Waals surface area contributed by atoms with Crippen LogP contribution < -0.4 is 4.74 Å². The van der Waals surface area contributed by atoms with Crippen molar-refractivity contribution >= 4 is 5.78 Å². The number of ketones is 1. The molecular formula is C14H10F3NO2. The maximum absolute atomic E-state index is 12.8. The fraction of sp³-hybridized carbons (Fsp3) is 0.143. The Labute approximate surface area is 113 Å². The first-order valence-corrected chi connectivity index (χ1v) is 5.69. The summed E-state index contributed by atoms with van der Waals surface area (Å²) in [7, 11) is 0. The molecule has 0 spiro atoms. The van der Waals surface area contributed by atoms with Gasteiger partial charge in [0.1, 0.15) is 11.3 Å². The molecule has 0 atom stereocenters. The second kappa shape index (κ2) is 5.32. The molecule has 104 valence electrons. The third-order valence-corrected chi connectivity index (χ3v) is 2.53. The highest BCUT2D eigenvalue weighted by atomic mass is 19.4. The Balaban J connectivity index is 2.36. The van der Waals surface area contributed by atoms with Crippen LogP contribution >= 0.6 is 0 Å². The van der Waals surface area contributed by atoms with Gasteiger partial charge in [0.15, 0.2) is 5.78 Å². The molecule has 0 saturated carbocycles. The van der Waals surface area contributed by atoms with E-state index in [4.69, 9.17) is 4.74 Å². The van der Waals surface area contributed by atoms with Gasteiger partial charge in [-0.25, -0.2) is 4.98 Å². The smallest absolute Gasteiger partial charge is 0.421 e. The van der Waals surface area contributed by atoms with Crippen LogP contribution in [-0.4, -0.2) is 10.8 Å². The molecule has 1 aromatic carbocycles. The lowest BCUT2D eigenvalue weighted by Gasteiger charge is -2.12. The van der Waals surface area contributed by atoms with E-state index in [9.17, 15) is 18.0 Å². The van der Waals surface area contributed by atoms with E-state index in [0.717, 1.165) is 6.07 Å². The molecule has 2 rings (SSSR count). The highest BCUT2D eigenvalue weighted by Crippen LogP contribution is 2.36. The van der Waals surface area contributed by atoms with E-state index in [1.807, 2.05) is 0 Å². The molecule has 20 heavy (non-hydrogen) atoms. The summed E-state index contributed by atoms with van der Waals surface area (Å²) in [6.45, 7) is 1.36. The van der Waals surface area contributed by atoms with Gasteiger partial charge in [-0.3, -0.25) is 4.79 Å². The number of hydrogen-bond donors (Lipinski definition) is 0. The monoisotopic (exact) mass is 281 g/mol. The highest BCUT2D eigenvalue weighted by Gasteiger charge is 2.35. The quantitative estimate of drug-likeness (QED) is 0.795. The third-order valence-electron chi connectivity index (χ3n) is 2.53. The zero-order valence-electron chi connectivity index (χ0n) is 10.4. The first-order valence-electron chi connectivity index (χ1n) is 5.69. The zero-order valence-corrected chi connectivity index (χ0v) is 10.4. The summed E-state index contributed by atoms with van der Waals surface area (Å²) in [6.07, 6.45) is -3.35. The lowest BCUT2D eigenvalue weighted by Crippen LogP contribution is -2.08. The molecule has 0 unspecified atom stereocenters. The van der Waals surface area contributed by atoms with Crippen molar-refractivity contribution < 1.29 is 22.7 Å². The number of benzene rings is 1. The van der Waals surface area contributed by atoms with Crippen molar-refractivity contribution in [3.05, 3.63) is 53.7 Å². The van der Waals surface area contributed by atoms with Crippen LogP contribution in [0.2, 0.25) is 0 Å². The molecule has 0 radical (unpaired) electrons. The minimum atomic E-state index is -4.55. The van der Waals surface area contributed by atoms with Crippen molar-refractivity contribution in [2.24, 2.45) is 0 Å². The molecule has 1 aromatic heterocycles. The van der Waals surface area contributed by atoms with Gasteiger partial charge >= 0.3 is 6.18 Å². The molecule has 0 bridgehead atoms. The Morgan fingerprint density at radius 2 is 1.95 bits per heavy atom. The number of hydrogen-bond acceptors (Lipinski definition) is 3. The van der Waals surface area contributed by atoms with E-state index >= 15 is 0 Å². The molecule has 2 aromatic rings. The van der Waals surface area contributed by atoms with Crippen LogP contribution in [0, 0.1) is 0 Å². The Morgan fingerprint density at radius 3 is 2.60 bits per heavy atom. The predicted molar refractivity (Wildman–Crippen MR) is 65.8 cm³/mol. The van der Waals surface area contributed by atoms with Gasteiger partial charge in [-0.2, -0.15) is 13.2 Å². The van der Waals surface area contributed by atoms with E-state index in [0.29, 0.717) is 5.56 Å². The summed E-state index contributed by atoms with van der Waals surface area (Å²) >= 11 is 0. The van der Waals surface area contributed by atoms with E-state index in [2.05, 4.69) is 4.98 Å². The van der Waals surface area contributed by atoms with Gasteiger partial charge in [-0.05, 0) is 31.2 Å². The number of rotatable bonds is 3. The van der Waals surface area contributed by atoms with Crippen LogP contribution in [0.25, 0.3) is 0 Å². The van der Waals surface area contributed by atoms with Crippen molar-refractivity contribution in [2.75, 3.05) is 0 Å². The van der Waals surface area contributed by atoms with Crippen molar-refractivity contribution in [3.63, 3.8) is 0 Å². The maximum atomic E-state index is 12.8. The highest BCUT2D eigenvalue weighted by molar-refractivity contribution is 5.94. The molecule has 0 aliphatic carbocycles. The average Bonchev–Trinajstić information content (AvgIpc) is 2.38. The molecule has 0 aliphatic heterocycles. The predicted octanol–water partition coefficient (Wildman–Crippen LogP) is 4.10. The number of pyridine rings is 1. The minimum absolute atomic E-state index is 0.127. The molecule has 1 heterocycles. The van der Waals surface area contributed by atoms with Crippen LogP contribution in [0.15, 0.2) is 42.6 Å². The Bertz CT molecular complexity index is 638. The molecule has 6 heteroatoms. The molecular weight excluding hydrogens is 271 g/mol. The van der Waals surface area contributed by atoms with Crippen LogP contribution in [0.1, 0.15) is 22.8 Å². The first kappa shape index (κ1) is 14.0. The molecule has 3 nitrogen and oxygen atoms in total. The minimum Gasteiger partial charge on any atom is -0.438 e. The summed E-state index contributed by atoms with van der Waals surface area (Å²) in [5.74, 6) is -0.616. The first-order chi connectivity index (χ1) is 9.38. The number of ether oxygens (including phenoxy) is 1. The largest absolute Gasteiger partial charge is 0.438 e. The summed E-state index contributed by atoms with van der Waals surface area (Å²) in [6, 6.07) is 7.98. The summed E-state index contributed by atoms with van der Waals surface area (Å²) in [4.78, 5) is 14.8. The lowest BCUT2D eigenvalue weighted by atomic mass is 10.1. The van der Waals surface area contributed by atoms with Crippen LogP contribution in [0.4, 0.5) is 13.2 Å². The van der Waals surface area contributed by atoms with E-state index < -0.39 is 17.6 Å². The number of aromatic nitrogens is 1. The Hall–Kier alpha value is -2.37. The number of carbonyl (C=O) groups is 1. The number of carbonyl (C=O) groups excluding carboxylic acids is 1. The number of halogens is 3. The number of nitrogens with zero attached hydrogens (tertiary/aromatic N) is 1. The summed E-state index contributed by atoms with van der Waals surface area (Å²) in [5, 5.41) is 0. The molecule has 0 saturated heterocycles.